The van der Waals surface area contributed by atoms with Crippen molar-refractivity contribution in [1.82, 2.24) is 40.4 Å². The van der Waals surface area contributed by atoms with Gasteiger partial charge in [-0.2, -0.15) is 0 Å². The van der Waals surface area contributed by atoms with Gasteiger partial charge in [-0.05, 0) is 85.8 Å². The number of nitrogens with one attached hydrogen (secondary N) is 4. The molecule has 5 aliphatic rings. The number of carbonyl (C=O) groups is 4. The van der Waals surface area contributed by atoms with Gasteiger partial charge in [-0.3, -0.25) is 9.59 Å². The molecule has 9 rings (SSSR count). The molecular weight excluding hydrogens is 817 g/mol. The van der Waals surface area contributed by atoms with Crippen LogP contribution in [0.1, 0.15) is 106 Å². The van der Waals surface area contributed by atoms with Gasteiger partial charge in [0, 0.05) is 38.5 Å². The number of alkyl carbamates (subject to hydrolysis) is 2. The quantitative estimate of drug-likeness (QED) is 0.141. The summed E-state index contributed by atoms with van der Waals surface area (Å²) in [4.78, 5) is 73.7. The van der Waals surface area contributed by atoms with Crippen LogP contribution in [-0.4, -0.2) is 113 Å². The smallest absolute Gasteiger partial charge is 0.407 e. The monoisotopic (exact) mass is 876 g/mol. The molecule has 4 fully saturated rings. The molecule has 1 aliphatic carbocycles. The second kappa shape index (κ2) is 19.2. The summed E-state index contributed by atoms with van der Waals surface area (Å²) in [7, 11) is 2.64. The maximum atomic E-state index is 14.2. The predicted molar refractivity (Wildman–Crippen MR) is 236 cm³/mol. The summed E-state index contributed by atoms with van der Waals surface area (Å²) < 4.78 is 21.5. The number of fused-ring (bicyclic) bond motifs is 4. The molecule has 0 unspecified atom stereocenters. The number of carbonyl (C=O) groups excluding carboxylic acids is 4. The van der Waals surface area contributed by atoms with Crippen LogP contribution in [0.15, 0.2) is 54.7 Å². The first-order chi connectivity index (χ1) is 31.2. The second-order valence-electron chi connectivity index (χ2n) is 18.2. The molecule has 6 heterocycles. The number of amides is 4. The van der Waals surface area contributed by atoms with Crippen LogP contribution >= 0.6 is 0 Å². The fourth-order valence-corrected chi connectivity index (χ4v) is 10.2. The van der Waals surface area contributed by atoms with Gasteiger partial charge in [-0.1, -0.05) is 67.8 Å². The van der Waals surface area contributed by atoms with E-state index in [1.807, 2.05) is 16.0 Å². The summed E-state index contributed by atoms with van der Waals surface area (Å²) in [6.07, 6.45) is 10.8. The van der Waals surface area contributed by atoms with Gasteiger partial charge >= 0.3 is 12.2 Å². The van der Waals surface area contributed by atoms with Gasteiger partial charge in [0.15, 0.2) is 0 Å². The molecule has 1 spiro atoms. The van der Waals surface area contributed by atoms with E-state index < -0.39 is 24.3 Å². The van der Waals surface area contributed by atoms with Crippen LogP contribution in [0, 0.1) is 11.3 Å². The first-order valence-corrected chi connectivity index (χ1v) is 23.0. The van der Waals surface area contributed by atoms with Crippen LogP contribution in [0.5, 0.6) is 0 Å². The molecule has 3 saturated heterocycles. The first kappa shape index (κ1) is 43.5. The highest BCUT2D eigenvalue weighted by Crippen LogP contribution is 2.58. The molecule has 4 N–H and O–H groups in total. The van der Waals surface area contributed by atoms with Crippen molar-refractivity contribution in [2.24, 2.45) is 11.3 Å². The maximum absolute atomic E-state index is 14.2. The summed E-state index contributed by atoms with van der Waals surface area (Å²) >= 11 is 0. The highest BCUT2D eigenvalue weighted by molar-refractivity contribution is 5.87. The Labute approximate surface area is 373 Å². The molecule has 16 heteroatoms. The van der Waals surface area contributed by atoms with Crippen LogP contribution < -0.4 is 10.6 Å². The molecule has 2 aromatic heterocycles. The fraction of sp³-hybridized carbons (Fsp3) is 0.542. The molecule has 2 aromatic carbocycles. The number of rotatable bonds is 8. The van der Waals surface area contributed by atoms with E-state index in [1.54, 1.807) is 0 Å². The standard InChI is InChI=1S/C48H60N8O8/c1-61-46(59)52-35-8-5-3-4-6-23-64-28-37-40(53-43(51-37)39-26-48(20-21-48)29-56(39)44(35)57)33-16-12-31(13-17-33)30-10-14-32(15-11-30)36-27-49-42(50-36)38-9-7-22-55(38)45(58)41(54-47(60)62-2)34-18-24-63-25-19-34/h10-17,27,34-35,38-39,41H,3-9,18-26,28-29H2,1-2H3,(H,49,50)(H,51,53)(H,52,59)(H,54,60)/t35-,38+,39-,41-/m0/s1. The van der Waals surface area contributed by atoms with Crippen LogP contribution in [0.2, 0.25) is 0 Å². The number of benzene rings is 2. The number of nitrogens with zero attached hydrogens (tertiary/aromatic N) is 4. The Morgan fingerprint density at radius 2 is 1.48 bits per heavy atom. The third-order valence-corrected chi connectivity index (χ3v) is 14.0. The Hall–Kier alpha value is -5.74. The van der Waals surface area contributed by atoms with Gasteiger partial charge in [-0.15, -0.1) is 0 Å². The molecule has 2 bridgehead atoms. The molecule has 340 valence electrons. The minimum atomic E-state index is -0.689. The number of aromatic nitrogens is 4. The zero-order valence-corrected chi connectivity index (χ0v) is 36.9. The zero-order chi connectivity index (χ0) is 44.2. The van der Waals surface area contributed by atoms with Crippen LogP contribution in [0.4, 0.5) is 9.59 Å². The minimum absolute atomic E-state index is 0.0315. The van der Waals surface area contributed by atoms with Crippen molar-refractivity contribution in [2.75, 3.05) is 47.1 Å². The number of imidazole rings is 2. The zero-order valence-electron chi connectivity index (χ0n) is 36.9. The Balaban J connectivity index is 0.908. The Morgan fingerprint density at radius 3 is 2.20 bits per heavy atom. The lowest BCUT2D eigenvalue weighted by Crippen LogP contribution is -2.53. The van der Waals surface area contributed by atoms with E-state index in [0.717, 1.165) is 109 Å². The molecule has 4 aromatic rings. The summed E-state index contributed by atoms with van der Waals surface area (Å²) in [5.41, 5.74) is 6.69. The van der Waals surface area contributed by atoms with Gasteiger partial charge in [0.25, 0.3) is 0 Å². The summed E-state index contributed by atoms with van der Waals surface area (Å²) in [5.74, 6) is 1.25. The number of hydrogen-bond acceptors (Lipinski definition) is 10. The molecule has 64 heavy (non-hydrogen) atoms. The van der Waals surface area contributed by atoms with Crippen LogP contribution in [0.3, 0.4) is 0 Å². The van der Waals surface area contributed by atoms with Crippen molar-refractivity contribution < 1.29 is 38.1 Å². The van der Waals surface area contributed by atoms with E-state index in [1.165, 1.54) is 14.2 Å². The molecule has 4 aliphatic heterocycles. The van der Waals surface area contributed by atoms with E-state index in [-0.39, 0.29) is 35.2 Å². The number of ether oxygens (including phenoxy) is 4. The average Bonchev–Trinajstić information content (AvgIpc) is 3.81. The van der Waals surface area contributed by atoms with Crippen molar-refractivity contribution in [3.63, 3.8) is 0 Å². The Bertz CT molecular complexity index is 2280. The number of methoxy groups -OCH3 is 2. The number of likely N-dealkylation sites (tertiary alicyclic amines) is 1. The van der Waals surface area contributed by atoms with Crippen LogP contribution in [-0.2, 0) is 35.1 Å². The largest absolute Gasteiger partial charge is 0.453 e. The van der Waals surface area contributed by atoms with Crippen molar-refractivity contribution in [3.8, 4) is 33.6 Å². The number of H-pyrrole nitrogens is 2. The van der Waals surface area contributed by atoms with Crippen LogP contribution in [0.25, 0.3) is 33.6 Å². The molecule has 0 radical (unpaired) electrons. The highest BCUT2D eigenvalue weighted by atomic mass is 16.5. The van der Waals surface area contributed by atoms with E-state index in [2.05, 4.69) is 69.1 Å². The molecular formula is C48H60N8O8. The Kier molecular flexibility index (Phi) is 13.0. The SMILES string of the molecule is COC(=O)N[C@H]1CCCCCCOCc2[nH]c(nc2-c2ccc(-c3ccc(-c4cnc([C@H]5CCCN5C(=O)[C@@H](NC(=O)OC)C5CCOCC5)[nH]4)cc3)cc2)[C@@H]2CC3(CC3)CN2C1=O. The lowest BCUT2D eigenvalue weighted by Gasteiger charge is -2.34. The van der Waals surface area contributed by atoms with E-state index in [0.29, 0.717) is 58.8 Å². The van der Waals surface area contributed by atoms with E-state index in [9.17, 15) is 19.2 Å². The molecule has 4 amide bonds. The minimum Gasteiger partial charge on any atom is -0.453 e. The van der Waals surface area contributed by atoms with Crippen molar-refractivity contribution >= 4 is 24.0 Å². The predicted octanol–water partition coefficient (Wildman–Crippen LogP) is 7.21. The van der Waals surface area contributed by atoms with Gasteiger partial charge in [0.2, 0.25) is 11.8 Å². The topological polar surface area (TPSA) is 193 Å². The van der Waals surface area contributed by atoms with E-state index in [4.69, 9.17) is 28.9 Å². The summed E-state index contributed by atoms with van der Waals surface area (Å²) in [6.45, 7) is 3.37. The summed E-state index contributed by atoms with van der Waals surface area (Å²) in [6, 6.07) is 14.9. The lowest BCUT2D eigenvalue weighted by molar-refractivity contribution is -0.137. The van der Waals surface area contributed by atoms with Gasteiger partial charge in [-0.25, -0.2) is 19.6 Å². The number of aromatic amines is 2. The van der Waals surface area contributed by atoms with Crippen molar-refractivity contribution in [3.05, 3.63) is 72.1 Å². The first-order valence-electron chi connectivity index (χ1n) is 23.0. The van der Waals surface area contributed by atoms with Gasteiger partial charge in [0.05, 0.1) is 56.2 Å². The van der Waals surface area contributed by atoms with Crippen molar-refractivity contribution in [1.29, 1.82) is 0 Å². The average molecular weight is 877 g/mol. The highest BCUT2D eigenvalue weighted by Gasteiger charge is 2.55. The third kappa shape index (κ3) is 9.39. The molecule has 4 atom stereocenters. The molecule has 16 nitrogen and oxygen atoms in total. The number of hydrogen-bond donors (Lipinski definition) is 4. The normalized spacial score (nSPS) is 23.2. The third-order valence-electron chi connectivity index (χ3n) is 14.0. The van der Waals surface area contributed by atoms with E-state index >= 15 is 0 Å². The maximum Gasteiger partial charge on any atom is 0.407 e. The fourth-order valence-electron chi connectivity index (χ4n) is 10.2. The molecule has 1 saturated carbocycles. The Morgan fingerprint density at radius 1 is 0.781 bits per heavy atom. The van der Waals surface area contributed by atoms with Crippen molar-refractivity contribution in [2.45, 2.75) is 108 Å². The second-order valence-corrected chi connectivity index (χ2v) is 18.2. The van der Waals surface area contributed by atoms with Gasteiger partial charge < -0.3 is 49.3 Å². The summed E-state index contributed by atoms with van der Waals surface area (Å²) in [5, 5.41) is 5.65. The van der Waals surface area contributed by atoms with Gasteiger partial charge in [0.1, 0.15) is 23.7 Å². The lowest BCUT2D eigenvalue weighted by atomic mass is 9.90.